The Morgan fingerprint density at radius 1 is 1.45 bits per heavy atom. The first-order valence-electron chi connectivity index (χ1n) is 6.52. The standard InChI is InChI=1S/C14H15NO3S2/c1-14(13(17)18)5-2-3-11(14)15-12(16)10-7-9-8(20-10)4-6-19-9/h4,6-7,11H,2-3,5H2,1H3,(H,15,16)(H,17,18). The van der Waals surface area contributed by atoms with Crippen LogP contribution in [-0.4, -0.2) is 23.0 Å². The first kappa shape index (κ1) is 13.6. The molecule has 1 fully saturated rings. The Bertz CT molecular complexity index is 646. The van der Waals surface area contributed by atoms with E-state index in [0.717, 1.165) is 22.2 Å². The summed E-state index contributed by atoms with van der Waals surface area (Å²) in [4.78, 5) is 24.4. The lowest BCUT2D eigenvalue weighted by Crippen LogP contribution is -2.46. The molecule has 2 N–H and O–H groups in total. The molecule has 4 nitrogen and oxygen atoms in total. The third-order valence-electron chi connectivity index (χ3n) is 4.12. The lowest BCUT2D eigenvalue weighted by Gasteiger charge is -2.27. The lowest BCUT2D eigenvalue weighted by molar-refractivity contribution is -0.148. The molecule has 2 aromatic heterocycles. The number of carboxylic acid groups (broad SMARTS) is 1. The first-order valence-corrected chi connectivity index (χ1v) is 8.21. The van der Waals surface area contributed by atoms with E-state index in [1.54, 1.807) is 18.3 Å². The molecule has 0 bridgehead atoms. The minimum atomic E-state index is -0.843. The summed E-state index contributed by atoms with van der Waals surface area (Å²) in [7, 11) is 0. The first-order chi connectivity index (χ1) is 9.50. The van der Waals surface area contributed by atoms with E-state index < -0.39 is 11.4 Å². The Morgan fingerprint density at radius 2 is 2.25 bits per heavy atom. The summed E-state index contributed by atoms with van der Waals surface area (Å²) in [6.45, 7) is 1.72. The maximum Gasteiger partial charge on any atom is 0.311 e. The van der Waals surface area contributed by atoms with Crippen LogP contribution < -0.4 is 5.32 Å². The smallest absolute Gasteiger partial charge is 0.311 e. The van der Waals surface area contributed by atoms with E-state index in [0.29, 0.717) is 11.3 Å². The quantitative estimate of drug-likeness (QED) is 0.914. The molecule has 0 spiro atoms. The van der Waals surface area contributed by atoms with Crippen LogP contribution in [-0.2, 0) is 4.79 Å². The second kappa shape index (κ2) is 4.86. The van der Waals surface area contributed by atoms with Gasteiger partial charge in [-0.25, -0.2) is 0 Å². The van der Waals surface area contributed by atoms with E-state index in [2.05, 4.69) is 5.32 Å². The average molecular weight is 309 g/mol. The van der Waals surface area contributed by atoms with E-state index in [4.69, 9.17) is 0 Å². The predicted octanol–water partition coefficient (Wildman–Crippen LogP) is 3.34. The summed E-state index contributed by atoms with van der Waals surface area (Å²) >= 11 is 3.06. The van der Waals surface area contributed by atoms with Crippen LogP contribution in [0.5, 0.6) is 0 Å². The van der Waals surface area contributed by atoms with E-state index in [1.165, 1.54) is 11.3 Å². The summed E-state index contributed by atoms with van der Waals surface area (Å²) in [5.74, 6) is -0.981. The van der Waals surface area contributed by atoms with Gasteiger partial charge in [0.05, 0.1) is 10.3 Å². The SMILES string of the molecule is CC1(C(=O)O)CCCC1NC(=O)c1cc2sccc2s1. The number of carbonyl (C=O) groups is 2. The number of fused-ring (bicyclic) bond motifs is 1. The molecule has 1 amide bonds. The zero-order chi connectivity index (χ0) is 14.3. The molecule has 20 heavy (non-hydrogen) atoms. The van der Waals surface area contributed by atoms with E-state index >= 15 is 0 Å². The Labute approximate surface area is 124 Å². The van der Waals surface area contributed by atoms with Gasteiger partial charge in [-0.1, -0.05) is 6.42 Å². The number of nitrogens with one attached hydrogen (secondary N) is 1. The topological polar surface area (TPSA) is 66.4 Å². The van der Waals surface area contributed by atoms with Crippen LogP contribution in [0.1, 0.15) is 35.9 Å². The third kappa shape index (κ3) is 2.13. The Kier molecular flexibility index (Phi) is 3.30. The molecule has 0 saturated heterocycles. The van der Waals surface area contributed by atoms with Gasteiger partial charge in [0.15, 0.2) is 0 Å². The summed E-state index contributed by atoms with van der Waals surface area (Å²) in [6, 6.07) is 3.60. The van der Waals surface area contributed by atoms with Crippen molar-refractivity contribution in [2.45, 2.75) is 32.2 Å². The van der Waals surface area contributed by atoms with Gasteiger partial charge in [-0.3, -0.25) is 9.59 Å². The molecule has 0 aliphatic heterocycles. The number of carbonyl (C=O) groups excluding carboxylic acids is 1. The maximum absolute atomic E-state index is 12.3. The number of rotatable bonds is 3. The van der Waals surface area contributed by atoms with Crippen molar-refractivity contribution in [3.8, 4) is 0 Å². The van der Waals surface area contributed by atoms with Gasteiger partial charge >= 0.3 is 5.97 Å². The van der Waals surface area contributed by atoms with Crippen molar-refractivity contribution in [3.63, 3.8) is 0 Å². The van der Waals surface area contributed by atoms with Gasteiger partial charge in [-0.2, -0.15) is 0 Å². The highest BCUT2D eigenvalue weighted by Gasteiger charge is 2.46. The number of hydrogen-bond donors (Lipinski definition) is 2. The maximum atomic E-state index is 12.3. The molecule has 2 aromatic rings. The van der Waals surface area contributed by atoms with E-state index in [9.17, 15) is 14.7 Å². The van der Waals surface area contributed by atoms with Crippen molar-refractivity contribution in [3.05, 3.63) is 22.4 Å². The van der Waals surface area contributed by atoms with Crippen LogP contribution in [0.4, 0.5) is 0 Å². The Balaban J connectivity index is 1.79. The fourth-order valence-corrected chi connectivity index (χ4v) is 4.77. The minimum Gasteiger partial charge on any atom is -0.481 e. The number of aliphatic carboxylic acids is 1. The molecule has 1 aliphatic carbocycles. The van der Waals surface area contributed by atoms with Gasteiger partial charge in [0, 0.05) is 15.4 Å². The minimum absolute atomic E-state index is 0.155. The summed E-state index contributed by atoms with van der Waals surface area (Å²) in [6.07, 6.45) is 2.19. The molecule has 3 rings (SSSR count). The zero-order valence-corrected chi connectivity index (χ0v) is 12.6. The molecule has 1 aliphatic rings. The highest BCUT2D eigenvalue weighted by atomic mass is 32.1. The van der Waals surface area contributed by atoms with Crippen LogP contribution in [0.3, 0.4) is 0 Å². The molecule has 2 unspecified atom stereocenters. The summed E-state index contributed by atoms with van der Waals surface area (Å²) in [5, 5.41) is 14.3. The Hall–Kier alpha value is -1.40. The molecule has 106 valence electrons. The second-order valence-corrected chi connectivity index (χ2v) is 7.43. The van der Waals surface area contributed by atoms with Crippen molar-refractivity contribution in [1.29, 1.82) is 0 Å². The average Bonchev–Trinajstić information content (AvgIpc) is 3.04. The van der Waals surface area contributed by atoms with Crippen LogP contribution in [0.2, 0.25) is 0 Å². The van der Waals surface area contributed by atoms with Crippen LogP contribution >= 0.6 is 22.7 Å². The number of thiophene rings is 2. The van der Waals surface area contributed by atoms with Crippen LogP contribution in [0.15, 0.2) is 17.5 Å². The molecule has 2 atom stereocenters. The van der Waals surface area contributed by atoms with Gasteiger partial charge in [-0.15, -0.1) is 22.7 Å². The van der Waals surface area contributed by atoms with E-state index in [1.807, 2.05) is 17.5 Å². The molecule has 6 heteroatoms. The third-order valence-corrected chi connectivity index (χ3v) is 6.21. The van der Waals surface area contributed by atoms with Crippen molar-refractivity contribution >= 4 is 43.9 Å². The van der Waals surface area contributed by atoms with Crippen LogP contribution in [0, 0.1) is 5.41 Å². The number of carboxylic acids is 1. The zero-order valence-electron chi connectivity index (χ0n) is 11.0. The fraction of sp³-hybridized carbons (Fsp3) is 0.429. The Morgan fingerprint density at radius 3 is 2.95 bits per heavy atom. The molecular weight excluding hydrogens is 294 g/mol. The predicted molar refractivity (Wildman–Crippen MR) is 80.6 cm³/mol. The summed E-state index contributed by atoms with van der Waals surface area (Å²) < 4.78 is 2.21. The van der Waals surface area contributed by atoms with E-state index in [-0.39, 0.29) is 11.9 Å². The lowest BCUT2D eigenvalue weighted by atomic mass is 9.85. The van der Waals surface area contributed by atoms with Gasteiger partial charge < -0.3 is 10.4 Å². The highest BCUT2D eigenvalue weighted by Crippen LogP contribution is 2.38. The molecule has 0 aromatic carbocycles. The molecular formula is C14H15NO3S2. The molecule has 1 saturated carbocycles. The van der Waals surface area contributed by atoms with Gasteiger partial charge in [-0.05, 0) is 37.3 Å². The summed E-state index contributed by atoms with van der Waals surface area (Å²) in [5.41, 5.74) is -0.843. The van der Waals surface area contributed by atoms with Crippen molar-refractivity contribution in [1.82, 2.24) is 5.32 Å². The van der Waals surface area contributed by atoms with Gasteiger partial charge in [0.2, 0.25) is 0 Å². The normalized spacial score (nSPS) is 25.9. The fourth-order valence-electron chi connectivity index (χ4n) is 2.76. The largest absolute Gasteiger partial charge is 0.481 e. The second-order valence-electron chi connectivity index (χ2n) is 5.40. The van der Waals surface area contributed by atoms with Gasteiger partial charge in [0.1, 0.15) is 0 Å². The van der Waals surface area contributed by atoms with Crippen LogP contribution in [0.25, 0.3) is 9.40 Å². The van der Waals surface area contributed by atoms with Crippen molar-refractivity contribution in [2.75, 3.05) is 0 Å². The highest BCUT2D eigenvalue weighted by molar-refractivity contribution is 7.27. The number of amides is 1. The van der Waals surface area contributed by atoms with Crippen molar-refractivity contribution in [2.24, 2.45) is 5.41 Å². The molecule has 0 radical (unpaired) electrons. The monoisotopic (exact) mass is 309 g/mol. The van der Waals surface area contributed by atoms with Crippen molar-refractivity contribution < 1.29 is 14.7 Å². The van der Waals surface area contributed by atoms with Gasteiger partial charge in [0.25, 0.3) is 5.91 Å². The number of hydrogen-bond acceptors (Lipinski definition) is 4. The molecule has 2 heterocycles.